The first kappa shape index (κ1) is 31.5. The minimum absolute atomic E-state index is 0.257. The molecule has 0 unspecified atom stereocenters. The highest BCUT2D eigenvalue weighted by Gasteiger charge is 2.37. The van der Waals surface area contributed by atoms with Gasteiger partial charge in [0.25, 0.3) is 0 Å². The highest BCUT2D eigenvalue weighted by atomic mass is 16.3. The second-order valence-electron chi connectivity index (χ2n) is 15.0. The molecular formula is C51H36N2O2. The van der Waals surface area contributed by atoms with Gasteiger partial charge in [0.15, 0.2) is 0 Å². The van der Waals surface area contributed by atoms with E-state index in [9.17, 15) is 0 Å². The molecule has 1 aliphatic rings. The van der Waals surface area contributed by atoms with Crippen LogP contribution in [0.15, 0.2) is 191 Å². The number of para-hydroxylation sites is 4. The van der Waals surface area contributed by atoms with Crippen LogP contribution in [0.4, 0.5) is 34.1 Å². The first-order valence-corrected chi connectivity index (χ1v) is 18.8. The van der Waals surface area contributed by atoms with Gasteiger partial charge in [-0.25, -0.2) is 0 Å². The van der Waals surface area contributed by atoms with Crippen molar-refractivity contribution >= 4 is 78.0 Å². The number of benzene rings is 8. The van der Waals surface area contributed by atoms with Crippen molar-refractivity contribution < 1.29 is 8.83 Å². The van der Waals surface area contributed by atoms with E-state index in [4.69, 9.17) is 8.83 Å². The fourth-order valence-electron chi connectivity index (χ4n) is 8.75. The van der Waals surface area contributed by atoms with E-state index in [-0.39, 0.29) is 5.41 Å². The predicted octanol–water partition coefficient (Wildman–Crippen LogP) is 14.7. The van der Waals surface area contributed by atoms with Crippen molar-refractivity contribution in [1.29, 1.82) is 0 Å². The monoisotopic (exact) mass is 708 g/mol. The second kappa shape index (κ2) is 12.0. The van der Waals surface area contributed by atoms with Crippen LogP contribution >= 0.6 is 0 Å². The zero-order chi connectivity index (χ0) is 36.7. The van der Waals surface area contributed by atoms with Gasteiger partial charge in [-0.2, -0.15) is 0 Å². The Bertz CT molecular complexity index is 2930. The highest BCUT2D eigenvalue weighted by molar-refractivity contribution is 6.08. The Balaban J connectivity index is 1.06. The molecule has 8 aromatic carbocycles. The lowest BCUT2D eigenvalue weighted by atomic mass is 9.82. The minimum Gasteiger partial charge on any atom is -0.456 e. The number of hydrogen-bond donors (Lipinski definition) is 0. The SMILES string of the molecule is CC1(C)c2cc(N(c3ccccc3)c3ccccc3)ccc2-c2ccc(N(c3ccc4c(c3)oc3ccccc34)c3ccc4c(c3)oc3ccccc34)cc21. The Morgan fingerprint density at radius 2 is 0.691 bits per heavy atom. The molecule has 0 spiro atoms. The maximum Gasteiger partial charge on any atom is 0.137 e. The molecule has 0 amide bonds. The molecule has 0 atom stereocenters. The lowest BCUT2D eigenvalue weighted by molar-refractivity contribution is 0.660. The van der Waals surface area contributed by atoms with Crippen molar-refractivity contribution in [3.8, 4) is 11.1 Å². The third-order valence-corrected chi connectivity index (χ3v) is 11.4. The molecule has 0 N–H and O–H groups in total. The highest BCUT2D eigenvalue weighted by Crippen LogP contribution is 2.53. The Morgan fingerprint density at radius 1 is 0.327 bits per heavy atom. The number of hydrogen-bond acceptors (Lipinski definition) is 4. The van der Waals surface area contributed by atoms with Gasteiger partial charge < -0.3 is 18.6 Å². The Hall–Kier alpha value is -7.04. The summed E-state index contributed by atoms with van der Waals surface area (Å²) in [6, 6.07) is 64.7. The van der Waals surface area contributed by atoms with Crippen LogP contribution in [0.25, 0.3) is 55.0 Å². The molecule has 0 bridgehead atoms. The third-order valence-electron chi connectivity index (χ3n) is 11.4. The van der Waals surface area contributed by atoms with Crippen molar-refractivity contribution in [1.82, 2.24) is 0 Å². The van der Waals surface area contributed by atoms with E-state index in [0.29, 0.717) is 0 Å². The maximum absolute atomic E-state index is 6.42. The van der Waals surface area contributed by atoms with Crippen LogP contribution in [0.2, 0.25) is 0 Å². The summed E-state index contributed by atoms with van der Waals surface area (Å²) in [6.45, 7) is 4.71. The number of nitrogens with zero attached hydrogens (tertiary/aromatic N) is 2. The van der Waals surface area contributed by atoms with Crippen molar-refractivity contribution in [3.63, 3.8) is 0 Å². The van der Waals surface area contributed by atoms with Crippen LogP contribution in [-0.4, -0.2) is 0 Å². The lowest BCUT2D eigenvalue weighted by Crippen LogP contribution is -2.17. The Labute approximate surface area is 319 Å². The largest absolute Gasteiger partial charge is 0.456 e. The van der Waals surface area contributed by atoms with E-state index >= 15 is 0 Å². The standard InChI is InChI=1S/C51H36N2O2/c1-51(2)45-29-35(52(33-13-5-3-6-14-33)34-15-7-4-8-16-34)21-25-39(45)40-26-22-36(30-46(40)51)53(37-23-27-43-41-17-9-11-19-47(41)54-49(43)31-37)38-24-28-44-42-18-10-12-20-48(42)55-50(44)32-38/h3-32H,1-2H3. The van der Waals surface area contributed by atoms with Gasteiger partial charge in [-0.05, 0) is 107 Å². The fraction of sp³-hybridized carbons (Fsp3) is 0.0588. The first-order chi connectivity index (χ1) is 27.0. The molecule has 55 heavy (non-hydrogen) atoms. The van der Waals surface area contributed by atoms with Gasteiger partial charge in [0.1, 0.15) is 22.3 Å². The van der Waals surface area contributed by atoms with E-state index in [1.165, 1.54) is 22.3 Å². The van der Waals surface area contributed by atoms with Gasteiger partial charge in [-0.3, -0.25) is 0 Å². The molecule has 0 radical (unpaired) electrons. The van der Waals surface area contributed by atoms with Crippen LogP contribution in [0, 0.1) is 0 Å². The molecule has 10 aromatic rings. The summed E-state index contributed by atoms with van der Waals surface area (Å²) in [5.74, 6) is 0. The zero-order valence-electron chi connectivity index (χ0n) is 30.5. The van der Waals surface area contributed by atoms with Crippen LogP contribution in [0.5, 0.6) is 0 Å². The molecule has 4 heteroatoms. The normalized spacial score (nSPS) is 13.1. The quantitative estimate of drug-likeness (QED) is 0.172. The van der Waals surface area contributed by atoms with E-state index in [1.807, 2.05) is 24.3 Å². The molecule has 2 heterocycles. The number of anilines is 6. The smallest absolute Gasteiger partial charge is 0.137 e. The van der Waals surface area contributed by atoms with Crippen LogP contribution in [0.1, 0.15) is 25.0 Å². The average molecular weight is 709 g/mol. The predicted molar refractivity (Wildman–Crippen MR) is 228 cm³/mol. The van der Waals surface area contributed by atoms with Crippen LogP contribution < -0.4 is 9.80 Å². The van der Waals surface area contributed by atoms with Crippen molar-refractivity contribution in [2.45, 2.75) is 19.3 Å². The van der Waals surface area contributed by atoms with E-state index < -0.39 is 0 Å². The summed E-state index contributed by atoms with van der Waals surface area (Å²) in [7, 11) is 0. The van der Waals surface area contributed by atoms with Crippen LogP contribution in [-0.2, 0) is 5.41 Å². The summed E-state index contributed by atoms with van der Waals surface area (Å²) >= 11 is 0. The summed E-state index contributed by atoms with van der Waals surface area (Å²) in [5.41, 5.74) is 14.9. The third kappa shape index (κ3) is 4.92. The molecule has 0 aliphatic heterocycles. The molecular weight excluding hydrogens is 673 g/mol. The zero-order valence-corrected chi connectivity index (χ0v) is 30.5. The van der Waals surface area contributed by atoms with Gasteiger partial charge in [0, 0.05) is 73.2 Å². The number of fused-ring (bicyclic) bond motifs is 9. The molecule has 11 rings (SSSR count). The topological polar surface area (TPSA) is 32.8 Å². The maximum atomic E-state index is 6.42. The van der Waals surface area contributed by atoms with Crippen molar-refractivity contribution in [2.75, 3.05) is 9.80 Å². The second-order valence-corrected chi connectivity index (χ2v) is 15.0. The number of rotatable bonds is 6. The van der Waals surface area contributed by atoms with Gasteiger partial charge in [0.05, 0.1) is 0 Å². The summed E-state index contributed by atoms with van der Waals surface area (Å²) in [5, 5.41) is 4.45. The average Bonchev–Trinajstić information content (AvgIpc) is 3.86. The van der Waals surface area contributed by atoms with E-state index in [2.05, 4.69) is 181 Å². The molecule has 262 valence electrons. The Morgan fingerprint density at radius 3 is 1.16 bits per heavy atom. The van der Waals surface area contributed by atoms with Crippen molar-refractivity contribution in [2.24, 2.45) is 0 Å². The number of furan rings is 2. The van der Waals surface area contributed by atoms with Crippen molar-refractivity contribution in [3.05, 3.63) is 193 Å². The summed E-state index contributed by atoms with van der Waals surface area (Å²) in [6.07, 6.45) is 0. The van der Waals surface area contributed by atoms with Crippen LogP contribution in [0.3, 0.4) is 0 Å². The van der Waals surface area contributed by atoms with Gasteiger partial charge in [0.2, 0.25) is 0 Å². The van der Waals surface area contributed by atoms with E-state index in [1.54, 1.807) is 0 Å². The summed E-state index contributed by atoms with van der Waals surface area (Å²) < 4.78 is 12.8. The Kier molecular flexibility index (Phi) is 6.86. The molecule has 1 aliphatic carbocycles. The molecule has 0 saturated heterocycles. The van der Waals surface area contributed by atoms with Gasteiger partial charge in [-0.1, -0.05) is 98.8 Å². The van der Waals surface area contributed by atoms with E-state index in [0.717, 1.165) is 78.0 Å². The first-order valence-electron chi connectivity index (χ1n) is 18.8. The molecule has 4 nitrogen and oxygen atoms in total. The molecule has 2 aromatic heterocycles. The molecule has 0 saturated carbocycles. The fourth-order valence-corrected chi connectivity index (χ4v) is 8.75. The van der Waals surface area contributed by atoms with Gasteiger partial charge in [-0.15, -0.1) is 0 Å². The minimum atomic E-state index is -0.257. The van der Waals surface area contributed by atoms with Gasteiger partial charge >= 0.3 is 0 Å². The summed E-state index contributed by atoms with van der Waals surface area (Å²) in [4.78, 5) is 4.67. The lowest BCUT2D eigenvalue weighted by Gasteiger charge is -2.29. The molecule has 0 fully saturated rings.